The van der Waals surface area contributed by atoms with Crippen molar-refractivity contribution in [3.05, 3.63) is 41.0 Å². The molecule has 32 heavy (non-hydrogen) atoms. The Labute approximate surface area is 196 Å². The minimum atomic E-state index is -0.241. The number of benzene rings is 1. The van der Waals surface area contributed by atoms with E-state index in [-0.39, 0.29) is 23.8 Å². The third-order valence-electron chi connectivity index (χ3n) is 6.14. The van der Waals surface area contributed by atoms with Crippen molar-refractivity contribution in [2.75, 3.05) is 18.4 Å². The van der Waals surface area contributed by atoms with Crippen LogP contribution in [0.3, 0.4) is 0 Å². The largest absolute Gasteiger partial charge is 0.334 e. The second-order valence-electron chi connectivity index (χ2n) is 9.67. The highest BCUT2D eigenvalue weighted by molar-refractivity contribution is 6.32. The summed E-state index contributed by atoms with van der Waals surface area (Å²) in [6, 6.07) is 9.27. The van der Waals surface area contributed by atoms with Crippen molar-refractivity contribution in [3.8, 4) is 5.69 Å². The standard InChI is InChI=1S/C25H35ClN4O2/c1-5-29(24(32)15-14-18-10-6-7-11-18)17-23(31)27-22-16-21(25(2,3)4)28-30(22)20-13-9-8-12-19(20)26/h8-9,12-13,16,18H,5-7,10-11,14-15,17H2,1-4H3,(H,27,31). The SMILES string of the molecule is CCN(CC(=O)Nc1cc(C(C)(C)C)nn1-c1ccccc1Cl)C(=O)CCC1CCCC1. The maximum Gasteiger partial charge on any atom is 0.245 e. The first-order valence-electron chi connectivity index (χ1n) is 11.6. The molecule has 0 aliphatic heterocycles. The van der Waals surface area contributed by atoms with Gasteiger partial charge in [-0.3, -0.25) is 9.59 Å². The highest BCUT2D eigenvalue weighted by atomic mass is 35.5. The number of rotatable bonds is 8. The number of amides is 2. The lowest BCUT2D eigenvalue weighted by Gasteiger charge is -2.21. The van der Waals surface area contributed by atoms with E-state index in [2.05, 4.69) is 26.1 Å². The average Bonchev–Trinajstić information content (AvgIpc) is 3.40. The van der Waals surface area contributed by atoms with E-state index in [1.807, 2.05) is 31.2 Å². The minimum Gasteiger partial charge on any atom is -0.334 e. The number of halogens is 1. The summed E-state index contributed by atoms with van der Waals surface area (Å²) >= 11 is 6.40. The molecule has 7 heteroatoms. The van der Waals surface area contributed by atoms with Crippen LogP contribution in [0.2, 0.25) is 5.02 Å². The molecular formula is C25H35ClN4O2. The molecule has 0 atom stereocenters. The maximum absolute atomic E-state index is 12.9. The number of hydrogen-bond acceptors (Lipinski definition) is 3. The summed E-state index contributed by atoms with van der Waals surface area (Å²) in [5, 5.41) is 8.21. The van der Waals surface area contributed by atoms with Crippen LogP contribution >= 0.6 is 11.6 Å². The molecule has 0 radical (unpaired) electrons. The summed E-state index contributed by atoms with van der Waals surface area (Å²) in [5.41, 5.74) is 1.34. The van der Waals surface area contributed by atoms with E-state index in [9.17, 15) is 9.59 Å². The Morgan fingerprint density at radius 1 is 1.22 bits per heavy atom. The smallest absolute Gasteiger partial charge is 0.245 e. The molecule has 0 bridgehead atoms. The molecule has 0 unspecified atom stereocenters. The van der Waals surface area contributed by atoms with E-state index in [0.717, 1.165) is 12.1 Å². The van der Waals surface area contributed by atoms with Crippen LogP contribution in [-0.2, 0) is 15.0 Å². The molecule has 1 saturated carbocycles. The van der Waals surface area contributed by atoms with Crippen molar-refractivity contribution in [2.45, 2.75) is 71.6 Å². The number of carbonyl (C=O) groups excluding carboxylic acids is 2. The second kappa shape index (κ2) is 10.5. The molecule has 6 nitrogen and oxygen atoms in total. The maximum atomic E-state index is 12.9. The van der Waals surface area contributed by atoms with Gasteiger partial charge in [-0.25, -0.2) is 4.68 Å². The van der Waals surface area contributed by atoms with Crippen LogP contribution in [0.5, 0.6) is 0 Å². The lowest BCUT2D eigenvalue weighted by molar-refractivity contribution is -0.134. The highest BCUT2D eigenvalue weighted by Crippen LogP contribution is 2.30. The first-order chi connectivity index (χ1) is 15.2. The van der Waals surface area contributed by atoms with Gasteiger partial charge < -0.3 is 10.2 Å². The number of nitrogens with zero attached hydrogens (tertiary/aromatic N) is 3. The predicted molar refractivity (Wildman–Crippen MR) is 129 cm³/mol. The Bertz CT molecular complexity index is 942. The van der Waals surface area contributed by atoms with E-state index in [1.165, 1.54) is 25.7 Å². The van der Waals surface area contributed by atoms with Gasteiger partial charge in [-0.1, -0.05) is 70.2 Å². The van der Waals surface area contributed by atoms with Crippen molar-refractivity contribution in [1.29, 1.82) is 0 Å². The van der Waals surface area contributed by atoms with Gasteiger partial charge in [-0.15, -0.1) is 0 Å². The fourth-order valence-corrected chi connectivity index (χ4v) is 4.38. The van der Waals surface area contributed by atoms with Gasteiger partial charge in [0.2, 0.25) is 11.8 Å². The first-order valence-corrected chi connectivity index (χ1v) is 12.0. The third-order valence-corrected chi connectivity index (χ3v) is 6.46. The van der Waals surface area contributed by atoms with Gasteiger partial charge in [-0.2, -0.15) is 5.10 Å². The molecule has 0 spiro atoms. The van der Waals surface area contributed by atoms with Crippen molar-refractivity contribution in [1.82, 2.24) is 14.7 Å². The number of aromatic nitrogens is 2. The number of likely N-dealkylation sites (N-methyl/N-ethyl adjacent to an activating group) is 1. The van der Waals surface area contributed by atoms with Gasteiger partial charge in [0, 0.05) is 24.4 Å². The van der Waals surface area contributed by atoms with Crippen molar-refractivity contribution >= 4 is 29.2 Å². The summed E-state index contributed by atoms with van der Waals surface area (Å²) in [5.74, 6) is 1.01. The summed E-state index contributed by atoms with van der Waals surface area (Å²) < 4.78 is 1.67. The Morgan fingerprint density at radius 3 is 2.53 bits per heavy atom. The van der Waals surface area contributed by atoms with Crippen LogP contribution in [0.15, 0.2) is 30.3 Å². The van der Waals surface area contributed by atoms with E-state index in [0.29, 0.717) is 35.4 Å². The van der Waals surface area contributed by atoms with Gasteiger partial charge in [0.15, 0.2) is 0 Å². The van der Waals surface area contributed by atoms with Gasteiger partial charge in [0.05, 0.1) is 22.9 Å². The van der Waals surface area contributed by atoms with Gasteiger partial charge in [0.1, 0.15) is 5.82 Å². The molecule has 1 heterocycles. The van der Waals surface area contributed by atoms with Gasteiger partial charge in [0.25, 0.3) is 0 Å². The number of anilines is 1. The monoisotopic (exact) mass is 458 g/mol. The Morgan fingerprint density at radius 2 is 1.91 bits per heavy atom. The van der Waals surface area contributed by atoms with Crippen LogP contribution < -0.4 is 5.32 Å². The summed E-state index contributed by atoms with van der Waals surface area (Å²) in [6.07, 6.45) is 6.43. The first kappa shape index (κ1) is 24.3. The van der Waals surface area contributed by atoms with E-state index in [4.69, 9.17) is 16.7 Å². The zero-order chi connectivity index (χ0) is 23.3. The van der Waals surface area contributed by atoms with Crippen LogP contribution in [-0.4, -0.2) is 39.6 Å². The van der Waals surface area contributed by atoms with Crippen molar-refractivity contribution < 1.29 is 9.59 Å². The zero-order valence-electron chi connectivity index (χ0n) is 19.7. The molecule has 174 valence electrons. The van der Waals surface area contributed by atoms with Crippen molar-refractivity contribution in [3.63, 3.8) is 0 Å². The Kier molecular flexibility index (Phi) is 7.99. The predicted octanol–water partition coefficient (Wildman–Crippen LogP) is 5.58. The Hall–Kier alpha value is -2.34. The Balaban J connectivity index is 1.72. The van der Waals surface area contributed by atoms with E-state index < -0.39 is 0 Å². The normalized spacial score (nSPS) is 14.5. The molecule has 1 aliphatic rings. The molecule has 2 amide bonds. The zero-order valence-corrected chi connectivity index (χ0v) is 20.4. The minimum absolute atomic E-state index is 0.0263. The van der Waals surface area contributed by atoms with Gasteiger partial charge in [-0.05, 0) is 31.4 Å². The summed E-state index contributed by atoms with van der Waals surface area (Å²) in [4.78, 5) is 27.2. The van der Waals surface area contributed by atoms with E-state index in [1.54, 1.807) is 15.6 Å². The molecule has 1 aliphatic carbocycles. The molecule has 3 rings (SSSR count). The fourth-order valence-electron chi connectivity index (χ4n) is 4.16. The van der Waals surface area contributed by atoms with Crippen LogP contribution in [0.25, 0.3) is 5.69 Å². The molecular weight excluding hydrogens is 424 g/mol. The van der Waals surface area contributed by atoms with E-state index >= 15 is 0 Å². The lowest BCUT2D eigenvalue weighted by atomic mass is 9.92. The molecule has 1 N–H and O–H groups in total. The average molecular weight is 459 g/mol. The highest BCUT2D eigenvalue weighted by Gasteiger charge is 2.24. The number of nitrogens with one attached hydrogen (secondary N) is 1. The lowest BCUT2D eigenvalue weighted by Crippen LogP contribution is -2.38. The number of carbonyl (C=O) groups is 2. The quantitative estimate of drug-likeness (QED) is 0.561. The second-order valence-corrected chi connectivity index (χ2v) is 10.1. The molecule has 0 saturated heterocycles. The number of hydrogen-bond donors (Lipinski definition) is 1. The van der Waals surface area contributed by atoms with Crippen LogP contribution in [0, 0.1) is 5.92 Å². The molecule has 1 fully saturated rings. The molecule has 1 aromatic heterocycles. The summed E-state index contributed by atoms with van der Waals surface area (Å²) in [6.45, 7) is 8.65. The van der Waals surface area contributed by atoms with Crippen LogP contribution in [0.4, 0.5) is 5.82 Å². The topological polar surface area (TPSA) is 67.2 Å². The number of para-hydroxylation sites is 1. The fraction of sp³-hybridized carbons (Fsp3) is 0.560. The van der Waals surface area contributed by atoms with Crippen molar-refractivity contribution in [2.24, 2.45) is 5.92 Å². The van der Waals surface area contributed by atoms with Gasteiger partial charge >= 0.3 is 0 Å². The third kappa shape index (κ3) is 6.12. The summed E-state index contributed by atoms with van der Waals surface area (Å²) in [7, 11) is 0. The molecule has 2 aromatic rings. The molecule has 1 aromatic carbocycles. The van der Waals surface area contributed by atoms with Crippen LogP contribution in [0.1, 0.15) is 71.9 Å².